The van der Waals surface area contributed by atoms with Gasteiger partial charge >= 0.3 is 5.69 Å². The van der Waals surface area contributed by atoms with E-state index in [2.05, 4.69) is 12.2 Å². The predicted molar refractivity (Wildman–Crippen MR) is 107 cm³/mol. The van der Waals surface area contributed by atoms with Crippen LogP contribution in [-0.2, 0) is 17.9 Å². The van der Waals surface area contributed by atoms with Crippen molar-refractivity contribution in [1.82, 2.24) is 9.13 Å². The first-order valence-electron chi connectivity index (χ1n) is 9.19. The minimum atomic E-state index is -0.446. The summed E-state index contributed by atoms with van der Waals surface area (Å²) in [4.78, 5) is 38.1. The Kier molecular flexibility index (Phi) is 5.86. The molecule has 0 unspecified atom stereocenters. The quantitative estimate of drug-likeness (QED) is 0.654. The van der Waals surface area contributed by atoms with Crippen LogP contribution in [0.4, 0.5) is 5.69 Å². The highest BCUT2D eigenvalue weighted by molar-refractivity contribution is 5.91. The molecule has 27 heavy (non-hydrogen) atoms. The number of aromatic nitrogens is 2. The van der Waals surface area contributed by atoms with Crippen LogP contribution in [0.2, 0.25) is 0 Å². The molecule has 0 aliphatic carbocycles. The zero-order valence-electron chi connectivity index (χ0n) is 15.4. The van der Waals surface area contributed by atoms with Crippen molar-refractivity contribution in [1.29, 1.82) is 0 Å². The molecule has 6 nitrogen and oxygen atoms in total. The zero-order chi connectivity index (χ0) is 19.2. The first-order valence-corrected chi connectivity index (χ1v) is 9.19. The van der Waals surface area contributed by atoms with E-state index in [0.29, 0.717) is 23.1 Å². The Bertz CT molecular complexity index is 1050. The van der Waals surface area contributed by atoms with Gasteiger partial charge in [0.15, 0.2) is 0 Å². The maximum absolute atomic E-state index is 12.9. The van der Waals surface area contributed by atoms with Gasteiger partial charge in [-0.1, -0.05) is 50.1 Å². The second-order valence-corrected chi connectivity index (χ2v) is 6.46. The first-order chi connectivity index (χ1) is 13.1. The lowest BCUT2D eigenvalue weighted by Crippen LogP contribution is -2.41. The third kappa shape index (κ3) is 4.16. The van der Waals surface area contributed by atoms with Crippen LogP contribution in [0.15, 0.2) is 64.2 Å². The third-order valence-corrected chi connectivity index (χ3v) is 4.48. The molecule has 3 aromatic rings. The van der Waals surface area contributed by atoms with E-state index in [1.807, 2.05) is 18.2 Å². The van der Waals surface area contributed by atoms with Crippen molar-refractivity contribution in [2.45, 2.75) is 39.3 Å². The molecular formula is C21H23N3O3. The molecule has 0 atom stereocenters. The molecule has 1 N–H and O–H groups in total. The number of amides is 1. The van der Waals surface area contributed by atoms with Gasteiger partial charge in [-0.2, -0.15) is 0 Å². The predicted octanol–water partition coefficient (Wildman–Crippen LogP) is 2.99. The number of unbranched alkanes of at least 4 members (excludes halogenated alkanes) is 2. The van der Waals surface area contributed by atoms with Crippen molar-refractivity contribution in [2.24, 2.45) is 0 Å². The van der Waals surface area contributed by atoms with Crippen LogP contribution in [0.25, 0.3) is 10.9 Å². The smallest absolute Gasteiger partial charge is 0.325 e. The topological polar surface area (TPSA) is 73.1 Å². The normalized spacial score (nSPS) is 10.9. The van der Waals surface area contributed by atoms with E-state index in [1.165, 1.54) is 9.13 Å². The van der Waals surface area contributed by atoms with Gasteiger partial charge in [0.05, 0.1) is 10.9 Å². The van der Waals surface area contributed by atoms with Gasteiger partial charge in [-0.25, -0.2) is 4.79 Å². The Morgan fingerprint density at radius 3 is 2.37 bits per heavy atom. The van der Waals surface area contributed by atoms with E-state index in [4.69, 9.17) is 0 Å². The van der Waals surface area contributed by atoms with E-state index in [9.17, 15) is 14.4 Å². The zero-order valence-corrected chi connectivity index (χ0v) is 15.4. The number of hydrogen-bond acceptors (Lipinski definition) is 3. The maximum Gasteiger partial charge on any atom is 0.331 e. The molecule has 3 rings (SSSR count). The largest absolute Gasteiger partial charge is 0.331 e. The lowest BCUT2D eigenvalue weighted by molar-refractivity contribution is -0.116. The number of carbonyl (C=O) groups is 1. The summed E-state index contributed by atoms with van der Waals surface area (Å²) in [5.74, 6) is -0.313. The third-order valence-electron chi connectivity index (χ3n) is 4.48. The van der Waals surface area contributed by atoms with Gasteiger partial charge in [-0.15, -0.1) is 0 Å². The highest BCUT2D eigenvalue weighted by Crippen LogP contribution is 2.09. The molecule has 1 heterocycles. The van der Waals surface area contributed by atoms with Gasteiger partial charge in [0.25, 0.3) is 5.56 Å². The van der Waals surface area contributed by atoms with Crippen molar-refractivity contribution in [2.75, 3.05) is 5.32 Å². The number of fused-ring (bicyclic) bond motifs is 1. The fourth-order valence-corrected chi connectivity index (χ4v) is 3.11. The van der Waals surface area contributed by atoms with Crippen LogP contribution in [0.1, 0.15) is 26.2 Å². The van der Waals surface area contributed by atoms with Gasteiger partial charge in [-0.3, -0.25) is 18.7 Å². The van der Waals surface area contributed by atoms with Crippen LogP contribution in [-0.4, -0.2) is 15.0 Å². The first kappa shape index (κ1) is 18.6. The van der Waals surface area contributed by atoms with E-state index < -0.39 is 5.69 Å². The van der Waals surface area contributed by atoms with Crippen LogP contribution >= 0.6 is 0 Å². The van der Waals surface area contributed by atoms with Gasteiger partial charge in [0.1, 0.15) is 6.54 Å². The molecule has 0 aliphatic rings. The summed E-state index contributed by atoms with van der Waals surface area (Å²) in [5.41, 5.74) is 0.392. The van der Waals surface area contributed by atoms with E-state index in [0.717, 1.165) is 19.3 Å². The molecule has 6 heteroatoms. The molecule has 1 aromatic heterocycles. The summed E-state index contributed by atoms with van der Waals surface area (Å²) >= 11 is 0. The Morgan fingerprint density at radius 2 is 1.63 bits per heavy atom. The van der Waals surface area contributed by atoms with Crippen molar-refractivity contribution in [3.8, 4) is 0 Å². The second-order valence-electron chi connectivity index (χ2n) is 6.46. The average molecular weight is 365 g/mol. The minimum absolute atomic E-state index is 0.150. The Labute approximate surface area is 157 Å². The van der Waals surface area contributed by atoms with Crippen molar-refractivity contribution in [3.63, 3.8) is 0 Å². The summed E-state index contributed by atoms with van der Waals surface area (Å²) < 4.78 is 2.62. The van der Waals surface area contributed by atoms with Crippen molar-refractivity contribution >= 4 is 22.5 Å². The summed E-state index contributed by atoms with van der Waals surface area (Å²) in [6.07, 6.45) is 2.68. The minimum Gasteiger partial charge on any atom is -0.325 e. The number of carbonyl (C=O) groups excluding carboxylic acids is 1. The number of hydrogen-bond donors (Lipinski definition) is 1. The van der Waals surface area contributed by atoms with Crippen LogP contribution in [0, 0.1) is 0 Å². The number of nitrogens with zero attached hydrogens (tertiary/aromatic N) is 2. The molecule has 0 spiro atoms. The average Bonchev–Trinajstić information content (AvgIpc) is 2.68. The summed E-state index contributed by atoms with van der Waals surface area (Å²) in [6, 6.07) is 16.0. The highest BCUT2D eigenvalue weighted by Gasteiger charge is 2.15. The van der Waals surface area contributed by atoms with Gasteiger partial charge in [0.2, 0.25) is 5.91 Å². The molecule has 0 fully saturated rings. The highest BCUT2D eigenvalue weighted by atomic mass is 16.2. The fraction of sp³-hybridized carbons (Fsp3) is 0.286. The van der Waals surface area contributed by atoms with Crippen LogP contribution in [0.5, 0.6) is 0 Å². The molecule has 0 aliphatic heterocycles. The summed E-state index contributed by atoms with van der Waals surface area (Å²) in [5, 5.41) is 3.23. The molecule has 140 valence electrons. The molecule has 2 aromatic carbocycles. The lowest BCUT2D eigenvalue weighted by atomic mass is 10.2. The molecule has 0 radical (unpaired) electrons. The second kappa shape index (κ2) is 8.49. The fourth-order valence-electron chi connectivity index (χ4n) is 3.11. The summed E-state index contributed by atoms with van der Waals surface area (Å²) in [7, 11) is 0. The van der Waals surface area contributed by atoms with Gasteiger partial charge < -0.3 is 5.32 Å². The van der Waals surface area contributed by atoms with Crippen molar-refractivity contribution < 1.29 is 4.79 Å². The van der Waals surface area contributed by atoms with E-state index >= 15 is 0 Å². The van der Waals surface area contributed by atoms with Gasteiger partial charge in [-0.05, 0) is 30.7 Å². The van der Waals surface area contributed by atoms with Crippen molar-refractivity contribution in [3.05, 3.63) is 75.4 Å². The van der Waals surface area contributed by atoms with Gasteiger partial charge in [0, 0.05) is 12.2 Å². The molecule has 0 saturated heterocycles. The molecule has 0 bridgehead atoms. The maximum atomic E-state index is 12.9. The lowest BCUT2D eigenvalue weighted by Gasteiger charge is -2.14. The number of benzene rings is 2. The molecular weight excluding hydrogens is 342 g/mol. The standard InChI is InChI=1S/C21H23N3O3/c1-2-3-9-14-23-20(26)17-12-7-8-13-18(17)24(21(23)27)15-19(25)22-16-10-5-4-6-11-16/h4-8,10-13H,2-3,9,14-15H2,1H3,(H,22,25). The number of para-hydroxylation sites is 2. The molecule has 0 saturated carbocycles. The Balaban J connectivity index is 1.99. The number of nitrogens with one attached hydrogen (secondary N) is 1. The van der Waals surface area contributed by atoms with E-state index in [1.54, 1.807) is 36.4 Å². The molecule has 1 amide bonds. The Hall–Kier alpha value is -3.15. The van der Waals surface area contributed by atoms with Crippen LogP contribution in [0.3, 0.4) is 0 Å². The monoisotopic (exact) mass is 365 g/mol. The number of anilines is 1. The number of rotatable bonds is 7. The van der Waals surface area contributed by atoms with E-state index in [-0.39, 0.29) is 18.0 Å². The SMILES string of the molecule is CCCCCn1c(=O)c2ccccc2n(CC(=O)Nc2ccccc2)c1=O. The van der Waals surface area contributed by atoms with Crippen LogP contribution < -0.4 is 16.6 Å². The summed E-state index contributed by atoms with van der Waals surface area (Å²) in [6.45, 7) is 2.27. The Morgan fingerprint density at radius 1 is 0.926 bits per heavy atom.